The summed E-state index contributed by atoms with van der Waals surface area (Å²) in [6, 6.07) is 9.27. The number of piperidine rings is 2. The summed E-state index contributed by atoms with van der Waals surface area (Å²) >= 11 is 0. The van der Waals surface area contributed by atoms with Gasteiger partial charge in [0.25, 0.3) is 0 Å². The molecule has 3 fully saturated rings. The second-order valence-electron chi connectivity index (χ2n) is 7.19. The van der Waals surface area contributed by atoms with E-state index in [9.17, 15) is 0 Å². The summed E-state index contributed by atoms with van der Waals surface area (Å²) in [6.45, 7) is 8.67. The fraction of sp³-hybridized carbons (Fsp3) is 0.667. The Labute approximate surface area is 122 Å². The maximum absolute atomic E-state index is 3.67. The predicted octanol–water partition coefficient (Wildman–Crippen LogP) is 2.78. The number of nitrogens with one attached hydrogen (secondary N) is 1. The van der Waals surface area contributed by atoms with Crippen molar-refractivity contribution in [3.8, 4) is 0 Å². The number of aryl methyl sites for hydroxylation is 1. The highest BCUT2D eigenvalue weighted by Gasteiger charge is 2.51. The summed E-state index contributed by atoms with van der Waals surface area (Å²) in [5.41, 5.74) is 3.57. The molecule has 0 aliphatic carbocycles. The quantitative estimate of drug-likeness (QED) is 0.844. The van der Waals surface area contributed by atoms with E-state index in [1.807, 2.05) is 0 Å². The van der Waals surface area contributed by atoms with Gasteiger partial charge in [0.15, 0.2) is 0 Å². The van der Waals surface area contributed by atoms with Gasteiger partial charge in [0.05, 0.1) is 0 Å². The summed E-state index contributed by atoms with van der Waals surface area (Å²) in [4.78, 5) is 2.69. The Morgan fingerprint density at radius 1 is 1.25 bits per heavy atom. The third kappa shape index (κ3) is 1.93. The lowest BCUT2D eigenvalue weighted by molar-refractivity contribution is 0.0329. The fourth-order valence-corrected chi connectivity index (χ4v) is 5.14. The van der Waals surface area contributed by atoms with E-state index in [1.54, 1.807) is 5.56 Å². The second kappa shape index (κ2) is 4.85. The molecule has 2 heteroatoms. The molecule has 0 amide bonds. The van der Waals surface area contributed by atoms with Crippen LogP contribution in [0.2, 0.25) is 0 Å². The zero-order valence-electron chi connectivity index (χ0n) is 12.6. The van der Waals surface area contributed by atoms with Crippen molar-refractivity contribution in [1.29, 1.82) is 0 Å². The van der Waals surface area contributed by atoms with E-state index >= 15 is 0 Å². The minimum atomic E-state index is 0.575. The van der Waals surface area contributed by atoms with Crippen LogP contribution >= 0.6 is 0 Å². The number of hydrogen-bond donors (Lipinski definition) is 1. The predicted molar refractivity (Wildman–Crippen MR) is 83.0 cm³/mol. The van der Waals surface area contributed by atoms with Crippen molar-refractivity contribution in [1.82, 2.24) is 10.2 Å². The average molecular weight is 270 g/mol. The molecule has 2 bridgehead atoms. The maximum atomic E-state index is 3.67. The molecule has 0 radical (unpaired) electrons. The van der Waals surface area contributed by atoms with Crippen molar-refractivity contribution in [3.05, 3.63) is 35.4 Å². The Balaban J connectivity index is 1.72. The summed E-state index contributed by atoms with van der Waals surface area (Å²) in [6.07, 6.45) is 4.23. The molecule has 4 unspecified atom stereocenters. The van der Waals surface area contributed by atoms with E-state index in [4.69, 9.17) is 0 Å². The molecule has 3 aliphatic heterocycles. The molecular weight excluding hydrogens is 244 g/mol. The zero-order chi connectivity index (χ0) is 13.6. The molecule has 1 spiro atoms. The normalized spacial score (nSPS) is 40.1. The topological polar surface area (TPSA) is 15.3 Å². The van der Waals surface area contributed by atoms with Gasteiger partial charge < -0.3 is 10.2 Å². The van der Waals surface area contributed by atoms with Crippen LogP contribution in [0.1, 0.15) is 36.3 Å². The van der Waals surface area contributed by atoms with E-state index in [-0.39, 0.29) is 0 Å². The standard InChI is InChI=1S/C18H26N2/c1-14-3-2-4-15(11-14)17-12-19-8-6-18(17)7-10-20-9-5-16(18)13-20/h2-4,11,16-17,19H,5-10,12-13H2,1H3. The third-order valence-electron chi connectivity index (χ3n) is 6.23. The first-order valence-electron chi connectivity index (χ1n) is 8.28. The van der Waals surface area contributed by atoms with Crippen LogP contribution < -0.4 is 5.32 Å². The smallest absolute Gasteiger partial charge is 0.00256 e. The first-order chi connectivity index (χ1) is 9.78. The van der Waals surface area contributed by atoms with Gasteiger partial charge in [-0.05, 0) is 62.7 Å². The average Bonchev–Trinajstić information content (AvgIpc) is 2.89. The SMILES string of the molecule is Cc1cccc(C2CNCCC23CCN2CCC3C2)c1. The van der Waals surface area contributed by atoms with Crippen molar-refractivity contribution in [2.45, 2.75) is 32.1 Å². The minimum absolute atomic E-state index is 0.575. The van der Waals surface area contributed by atoms with E-state index < -0.39 is 0 Å². The number of fused-ring (bicyclic) bond motifs is 3. The van der Waals surface area contributed by atoms with E-state index in [0.717, 1.165) is 11.8 Å². The van der Waals surface area contributed by atoms with Crippen LogP contribution in [0.25, 0.3) is 0 Å². The Hall–Kier alpha value is -0.860. The molecule has 3 aliphatic rings. The molecule has 4 atom stereocenters. The van der Waals surface area contributed by atoms with Gasteiger partial charge in [0.2, 0.25) is 0 Å². The molecule has 1 aromatic carbocycles. The van der Waals surface area contributed by atoms with Gasteiger partial charge in [-0.1, -0.05) is 29.8 Å². The van der Waals surface area contributed by atoms with Crippen LogP contribution in [-0.2, 0) is 0 Å². The van der Waals surface area contributed by atoms with Crippen LogP contribution in [0.15, 0.2) is 24.3 Å². The Morgan fingerprint density at radius 3 is 3.10 bits per heavy atom. The van der Waals surface area contributed by atoms with Gasteiger partial charge in [-0.2, -0.15) is 0 Å². The molecule has 0 aromatic heterocycles. The van der Waals surface area contributed by atoms with Crippen LogP contribution in [0.3, 0.4) is 0 Å². The summed E-state index contributed by atoms with van der Waals surface area (Å²) in [5, 5.41) is 3.67. The van der Waals surface area contributed by atoms with Crippen molar-refractivity contribution >= 4 is 0 Å². The lowest BCUT2D eigenvalue weighted by atomic mass is 9.58. The van der Waals surface area contributed by atoms with Gasteiger partial charge in [0, 0.05) is 19.0 Å². The zero-order valence-corrected chi connectivity index (χ0v) is 12.6. The number of rotatable bonds is 1. The highest BCUT2D eigenvalue weighted by Crippen LogP contribution is 2.54. The summed E-state index contributed by atoms with van der Waals surface area (Å²) in [7, 11) is 0. The number of hydrogen-bond acceptors (Lipinski definition) is 2. The van der Waals surface area contributed by atoms with Gasteiger partial charge in [-0.3, -0.25) is 0 Å². The lowest BCUT2D eigenvalue weighted by Gasteiger charge is -2.51. The van der Waals surface area contributed by atoms with Gasteiger partial charge in [-0.15, -0.1) is 0 Å². The van der Waals surface area contributed by atoms with Gasteiger partial charge >= 0.3 is 0 Å². The number of nitrogens with zero attached hydrogens (tertiary/aromatic N) is 1. The van der Waals surface area contributed by atoms with Gasteiger partial charge in [-0.25, -0.2) is 0 Å². The van der Waals surface area contributed by atoms with Crippen molar-refractivity contribution in [3.63, 3.8) is 0 Å². The van der Waals surface area contributed by atoms with E-state index in [2.05, 4.69) is 41.4 Å². The lowest BCUT2D eigenvalue weighted by Crippen LogP contribution is -2.52. The second-order valence-corrected chi connectivity index (χ2v) is 7.19. The first-order valence-corrected chi connectivity index (χ1v) is 8.28. The van der Waals surface area contributed by atoms with E-state index in [1.165, 1.54) is 57.5 Å². The number of benzene rings is 1. The third-order valence-corrected chi connectivity index (χ3v) is 6.23. The Morgan fingerprint density at radius 2 is 2.20 bits per heavy atom. The van der Waals surface area contributed by atoms with Crippen LogP contribution in [-0.4, -0.2) is 37.6 Å². The summed E-state index contributed by atoms with van der Waals surface area (Å²) in [5.74, 6) is 1.66. The summed E-state index contributed by atoms with van der Waals surface area (Å²) < 4.78 is 0. The molecule has 0 saturated carbocycles. The largest absolute Gasteiger partial charge is 0.316 e. The molecule has 3 saturated heterocycles. The Kier molecular flexibility index (Phi) is 3.12. The first kappa shape index (κ1) is 12.8. The monoisotopic (exact) mass is 270 g/mol. The molecule has 4 rings (SSSR count). The molecule has 20 heavy (non-hydrogen) atoms. The molecule has 2 nitrogen and oxygen atoms in total. The maximum Gasteiger partial charge on any atom is 0.00256 e. The van der Waals surface area contributed by atoms with Crippen molar-refractivity contribution in [2.75, 3.05) is 32.7 Å². The minimum Gasteiger partial charge on any atom is -0.316 e. The van der Waals surface area contributed by atoms with Crippen LogP contribution in [0.5, 0.6) is 0 Å². The van der Waals surface area contributed by atoms with Crippen LogP contribution in [0, 0.1) is 18.3 Å². The fourth-order valence-electron chi connectivity index (χ4n) is 5.14. The Bertz CT molecular complexity index is 498. The molecule has 1 N–H and O–H groups in total. The highest BCUT2D eigenvalue weighted by molar-refractivity contribution is 5.29. The molecule has 1 aromatic rings. The van der Waals surface area contributed by atoms with Crippen molar-refractivity contribution in [2.24, 2.45) is 11.3 Å². The van der Waals surface area contributed by atoms with Crippen LogP contribution in [0.4, 0.5) is 0 Å². The van der Waals surface area contributed by atoms with E-state index in [0.29, 0.717) is 5.41 Å². The molecule has 3 heterocycles. The molecule has 108 valence electrons. The van der Waals surface area contributed by atoms with Crippen molar-refractivity contribution < 1.29 is 0 Å². The molecular formula is C18H26N2. The van der Waals surface area contributed by atoms with Gasteiger partial charge in [0.1, 0.15) is 0 Å². The highest BCUT2D eigenvalue weighted by atomic mass is 15.2.